The lowest BCUT2D eigenvalue weighted by molar-refractivity contribution is -0.118. The van der Waals surface area contributed by atoms with Crippen LogP contribution in [0.1, 0.15) is 12.5 Å². The van der Waals surface area contributed by atoms with Gasteiger partial charge in [0.05, 0.1) is 11.5 Å². The number of hydrogen-bond donors (Lipinski definition) is 2. The normalized spacial score (nSPS) is 15.2. The first-order chi connectivity index (χ1) is 17.0. The van der Waals surface area contributed by atoms with Crippen LogP contribution in [0.25, 0.3) is 6.08 Å². The fourth-order valence-corrected chi connectivity index (χ4v) is 3.98. The third-order valence-corrected chi connectivity index (χ3v) is 5.62. The van der Waals surface area contributed by atoms with Crippen LogP contribution in [0.3, 0.4) is 0 Å². The smallest absolute Gasteiger partial charge is 0.264 e. The third kappa shape index (κ3) is 6.48. The third-order valence-electron chi connectivity index (χ3n) is 4.71. The number of nitrogens with zero attached hydrogens (tertiary/aromatic N) is 1. The zero-order chi connectivity index (χ0) is 24.6. The molecule has 2 N–H and O–H groups in total. The number of aliphatic imine (C=N–C) groups is 1. The molecule has 3 aromatic carbocycles. The van der Waals surface area contributed by atoms with Gasteiger partial charge in [-0.1, -0.05) is 36.4 Å². The molecule has 1 aliphatic rings. The minimum Gasteiger partial charge on any atom is -0.490 e. The maximum atomic E-state index is 13.9. The van der Waals surface area contributed by atoms with E-state index < -0.39 is 5.82 Å². The summed E-state index contributed by atoms with van der Waals surface area (Å²) < 4.78 is 25.2. The number of nitrogens with one attached hydrogen (secondary N) is 2. The molecule has 7 nitrogen and oxygen atoms in total. The molecule has 178 valence electrons. The number of ether oxygens (including phenoxy) is 2. The van der Waals surface area contributed by atoms with Crippen molar-refractivity contribution in [1.82, 2.24) is 5.32 Å². The fraction of sp³-hybridized carbons (Fsp3) is 0.115. The SMILES string of the molecule is CCOc1cc(/C=C2\SC(=Nc3ccccc3F)NC2=O)ccc1OCC(=O)Nc1ccccc1. The second kappa shape index (κ2) is 11.3. The summed E-state index contributed by atoms with van der Waals surface area (Å²) in [7, 11) is 0. The number of amides is 2. The number of rotatable bonds is 8. The molecule has 2 amide bonds. The predicted molar refractivity (Wildman–Crippen MR) is 135 cm³/mol. The van der Waals surface area contributed by atoms with Crippen LogP contribution in [0.5, 0.6) is 11.5 Å². The number of carbonyl (C=O) groups is 2. The molecule has 9 heteroatoms. The standard InChI is InChI=1S/C26H22FN3O4S/c1-2-33-22-14-17(12-13-21(22)34-16-24(31)28-18-8-4-3-5-9-18)15-23-25(32)30-26(35-23)29-20-11-7-6-10-19(20)27/h3-15H,2,16H2,1H3,(H,28,31)(H,29,30,32)/b23-15-. The van der Waals surface area contributed by atoms with E-state index in [0.717, 1.165) is 11.8 Å². The summed E-state index contributed by atoms with van der Waals surface area (Å²) >= 11 is 1.11. The molecule has 0 spiro atoms. The number of carbonyl (C=O) groups excluding carboxylic acids is 2. The van der Waals surface area contributed by atoms with Gasteiger partial charge in [0, 0.05) is 5.69 Å². The highest BCUT2D eigenvalue weighted by Gasteiger charge is 2.24. The van der Waals surface area contributed by atoms with Crippen LogP contribution in [0, 0.1) is 5.82 Å². The molecule has 0 bridgehead atoms. The number of amidine groups is 1. The van der Waals surface area contributed by atoms with Crippen molar-refractivity contribution in [3.63, 3.8) is 0 Å². The van der Waals surface area contributed by atoms with Crippen LogP contribution in [0.4, 0.5) is 15.8 Å². The molecule has 1 fully saturated rings. The molecule has 3 aromatic rings. The number of halogens is 1. The molecular formula is C26H22FN3O4S. The van der Waals surface area contributed by atoms with Gasteiger partial charge in [-0.05, 0) is 66.7 Å². The van der Waals surface area contributed by atoms with Gasteiger partial charge in [0.2, 0.25) is 0 Å². The summed E-state index contributed by atoms with van der Waals surface area (Å²) in [5.74, 6) is -0.256. The molecule has 0 atom stereocenters. The second-order valence-electron chi connectivity index (χ2n) is 7.28. The maximum Gasteiger partial charge on any atom is 0.264 e. The van der Waals surface area contributed by atoms with Gasteiger partial charge < -0.3 is 20.1 Å². The summed E-state index contributed by atoms with van der Waals surface area (Å²) in [4.78, 5) is 29.2. The van der Waals surface area contributed by atoms with Gasteiger partial charge in [-0.3, -0.25) is 9.59 Å². The average Bonchev–Trinajstić information content (AvgIpc) is 3.19. The van der Waals surface area contributed by atoms with Crippen molar-refractivity contribution in [3.8, 4) is 11.5 Å². The Balaban J connectivity index is 1.45. The van der Waals surface area contributed by atoms with Crippen LogP contribution >= 0.6 is 11.8 Å². The fourth-order valence-electron chi connectivity index (χ4n) is 3.15. The van der Waals surface area contributed by atoms with Crippen molar-refractivity contribution in [1.29, 1.82) is 0 Å². The zero-order valence-electron chi connectivity index (χ0n) is 18.8. The van der Waals surface area contributed by atoms with Crippen LogP contribution < -0.4 is 20.1 Å². The molecule has 0 unspecified atom stereocenters. The average molecular weight is 492 g/mol. The van der Waals surface area contributed by atoms with E-state index in [-0.39, 0.29) is 24.1 Å². The maximum absolute atomic E-state index is 13.9. The Labute approximate surface area is 206 Å². The van der Waals surface area contributed by atoms with E-state index in [0.29, 0.717) is 39.4 Å². The predicted octanol–water partition coefficient (Wildman–Crippen LogP) is 5.13. The molecule has 0 saturated carbocycles. The highest BCUT2D eigenvalue weighted by molar-refractivity contribution is 8.18. The molecule has 0 aliphatic carbocycles. The van der Waals surface area contributed by atoms with Gasteiger partial charge in [-0.2, -0.15) is 0 Å². The van der Waals surface area contributed by atoms with Crippen molar-refractivity contribution in [2.45, 2.75) is 6.92 Å². The molecule has 35 heavy (non-hydrogen) atoms. The van der Waals surface area contributed by atoms with Crippen LogP contribution in [0.2, 0.25) is 0 Å². The molecule has 0 radical (unpaired) electrons. The number of anilines is 1. The Morgan fingerprint density at radius 2 is 1.83 bits per heavy atom. The molecule has 1 heterocycles. The minimum absolute atomic E-state index is 0.146. The van der Waals surface area contributed by atoms with E-state index in [1.165, 1.54) is 12.1 Å². The Hall–Kier alpha value is -4.11. The minimum atomic E-state index is -0.471. The van der Waals surface area contributed by atoms with E-state index in [2.05, 4.69) is 15.6 Å². The van der Waals surface area contributed by atoms with Crippen molar-refractivity contribution < 1.29 is 23.5 Å². The van der Waals surface area contributed by atoms with Gasteiger partial charge in [-0.15, -0.1) is 0 Å². The van der Waals surface area contributed by atoms with Crippen molar-refractivity contribution in [2.75, 3.05) is 18.5 Å². The van der Waals surface area contributed by atoms with Crippen LogP contribution in [-0.2, 0) is 9.59 Å². The summed E-state index contributed by atoms with van der Waals surface area (Å²) in [6.45, 7) is 2.04. The lowest BCUT2D eigenvalue weighted by atomic mass is 10.2. The first kappa shape index (κ1) is 24.0. The van der Waals surface area contributed by atoms with Gasteiger partial charge in [-0.25, -0.2) is 9.38 Å². The second-order valence-corrected chi connectivity index (χ2v) is 8.31. The van der Waals surface area contributed by atoms with Crippen LogP contribution in [-0.4, -0.2) is 30.2 Å². The molecule has 0 aromatic heterocycles. The van der Waals surface area contributed by atoms with Crippen molar-refractivity contribution in [2.24, 2.45) is 4.99 Å². The van der Waals surface area contributed by atoms with E-state index in [4.69, 9.17) is 9.47 Å². The van der Waals surface area contributed by atoms with E-state index >= 15 is 0 Å². The number of hydrogen-bond acceptors (Lipinski definition) is 6. The van der Waals surface area contributed by atoms with Gasteiger partial charge in [0.15, 0.2) is 23.3 Å². The van der Waals surface area contributed by atoms with Gasteiger partial charge in [0.1, 0.15) is 11.5 Å². The van der Waals surface area contributed by atoms with Crippen LogP contribution in [0.15, 0.2) is 82.7 Å². The lowest BCUT2D eigenvalue weighted by Gasteiger charge is -2.13. The number of thioether (sulfide) groups is 1. The van der Waals surface area contributed by atoms with Crippen molar-refractivity contribution in [3.05, 3.63) is 89.1 Å². The highest BCUT2D eigenvalue weighted by Crippen LogP contribution is 2.33. The Morgan fingerprint density at radius 3 is 2.60 bits per heavy atom. The first-order valence-electron chi connectivity index (χ1n) is 10.8. The quantitative estimate of drug-likeness (QED) is 0.426. The van der Waals surface area contributed by atoms with E-state index in [1.54, 1.807) is 48.5 Å². The zero-order valence-corrected chi connectivity index (χ0v) is 19.6. The highest BCUT2D eigenvalue weighted by atomic mass is 32.2. The monoisotopic (exact) mass is 491 g/mol. The number of para-hydroxylation sites is 2. The summed E-state index contributed by atoms with van der Waals surface area (Å²) in [6, 6.07) is 20.3. The largest absolute Gasteiger partial charge is 0.490 e. The van der Waals surface area contributed by atoms with Gasteiger partial charge in [0.25, 0.3) is 11.8 Å². The topological polar surface area (TPSA) is 89.0 Å². The summed E-state index contributed by atoms with van der Waals surface area (Å²) in [5, 5.41) is 5.69. The first-order valence-corrected chi connectivity index (χ1v) is 11.6. The van der Waals surface area contributed by atoms with Gasteiger partial charge >= 0.3 is 0 Å². The Bertz CT molecular complexity index is 1290. The Kier molecular flexibility index (Phi) is 7.79. The van der Waals surface area contributed by atoms with E-state index in [1.807, 2.05) is 25.1 Å². The molecular weight excluding hydrogens is 469 g/mol. The summed E-state index contributed by atoms with van der Waals surface area (Å²) in [6.07, 6.45) is 1.68. The number of benzene rings is 3. The van der Waals surface area contributed by atoms with Crippen molar-refractivity contribution >= 4 is 46.2 Å². The molecule has 1 aliphatic heterocycles. The van der Waals surface area contributed by atoms with E-state index in [9.17, 15) is 14.0 Å². The Morgan fingerprint density at radius 1 is 1.06 bits per heavy atom. The lowest BCUT2D eigenvalue weighted by Crippen LogP contribution is -2.20. The summed E-state index contributed by atoms with van der Waals surface area (Å²) in [5.41, 5.74) is 1.52. The molecule has 4 rings (SSSR count). The molecule has 1 saturated heterocycles.